The summed E-state index contributed by atoms with van der Waals surface area (Å²) in [7, 11) is 4.19. The molecule has 6 heteroatoms. The molecular weight excluding hydrogens is 419 g/mol. The monoisotopic (exact) mass is 452 g/mol. The van der Waals surface area contributed by atoms with Gasteiger partial charge in [0.15, 0.2) is 5.96 Å². The predicted octanol–water partition coefficient (Wildman–Crippen LogP) is 3.44. The summed E-state index contributed by atoms with van der Waals surface area (Å²) in [6, 6.07) is 4.33. The van der Waals surface area contributed by atoms with Crippen LogP contribution in [0.2, 0.25) is 0 Å². The van der Waals surface area contributed by atoms with Gasteiger partial charge >= 0.3 is 0 Å². The first-order valence-corrected chi connectivity index (χ1v) is 8.95. The smallest absolute Gasteiger partial charge is 0.191 e. The Hall–Kier alpha value is -0.340. The maximum Gasteiger partial charge on any atom is 0.191 e. The van der Waals surface area contributed by atoms with E-state index in [0.29, 0.717) is 5.92 Å². The minimum absolute atomic E-state index is 0. The lowest BCUT2D eigenvalue weighted by atomic mass is 10.1. The predicted molar refractivity (Wildman–Crippen MR) is 114 cm³/mol. The number of likely N-dealkylation sites (N-methyl/N-ethyl adjacent to an activating group) is 1. The van der Waals surface area contributed by atoms with Gasteiger partial charge < -0.3 is 15.5 Å². The Morgan fingerprint density at radius 1 is 1.35 bits per heavy atom. The molecular formula is C17H33IN4S. The molecule has 0 radical (unpaired) electrons. The van der Waals surface area contributed by atoms with Gasteiger partial charge in [0.25, 0.3) is 0 Å². The number of aliphatic imine (C=N–C) groups is 1. The molecule has 0 spiro atoms. The van der Waals surface area contributed by atoms with Crippen molar-refractivity contribution in [3.05, 3.63) is 22.4 Å². The zero-order chi connectivity index (χ0) is 16.6. The fourth-order valence-corrected chi connectivity index (χ4v) is 2.74. The number of halogens is 1. The molecule has 1 rings (SSSR count). The van der Waals surface area contributed by atoms with Crippen LogP contribution in [0.25, 0.3) is 0 Å². The molecule has 1 atom stereocenters. The molecule has 0 saturated heterocycles. The number of thiophene rings is 1. The summed E-state index contributed by atoms with van der Waals surface area (Å²) >= 11 is 1.83. The fraction of sp³-hybridized carbons (Fsp3) is 0.706. The lowest BCUT2D eigenvalue weighted by molar-refractivity contribution is 0.204. The van der Waals surface area contributed by atoms with Crippen molar-refractivity contribution in [2.24, 2.45) is 10.9 Å². The Morgan fingerprint density at radius 2 is 2.04 bits per heavy atom. The van der Waals surface area contributed by atoms with Crippen LogP contribution in [-0.2, 0) is 6.42 Å². The number of nitrogens with one attached hydrogen (secondary N) is 2. The van der Waals surface area contributed by atoms with Gasteiger partial charge in [-0.15, -0.1) is 35.3 Å². The molecule has 1 heterocycles. The molecule has 134 valence electrons. The highest BCUT2D eigenvalue weighted by molar-refractivity contribution is 14.0. The molecule has 0 aliphatic heterocycles. The van der Waals surface area contributed by atoms with Crippen LogP contribution in [0.15, 0.2) is 22.5 Å². The van der Waals surface area contributed by atoms with E-state index in [-0.39, 0.29) is 29.5 Å². The maximum absolute atomic E-state index is 4.73. The Balaban J connectivity index is 0.00000484. The molecule has 0 aromatic carbocycles. The first-order chi connectivity index (χ1) is 10.3. The SMILES string of the molecule is CCNC(=NCC(C)(C)N(C)C)NCC(C)Cc1cccs1.I. The van der Waals surface area contributed by atoms with Gasteiger partial charge in [-0.2, -0.15) is 0 Å². The highest BCUT2D eigenvalue weighted by atomic mass is 127. The average molecular weight is 452 g/mol. The lowest BCUT2D eigenvalue weighted by Crippen LogP contribution is -2.44. The van der Waals surface area contributed by atoms with Crippen LogP contribution in [0.3, 0.4) is 0 Å². The van der Waals surface area contributed by atoms with Crippen molar-refractivity contribution >= 4 is 41.3 Å². The van der Waals surface area contributed by atoms with Crippen LogP contribution in [0.5, 0.6) is 0 Å². The summed E-state index contributed by atoms with van der Waals surface area (Å²) in [5.41, 5.74) is 0.0605. The quantitative estimate of drug-likeness (QED) is 0.361. The topological polar surface area (TPSA) is 39.7 Å². The summed E-state index contributed by atoms with van der Waals surface area (Å²) in [5.74, 6) is 1.50. The van der Waals surface area contributed by atoms with Crippen LogP contribution < -0.4 is 10.6 Å². The van der Waals surface area contributed by atoms with E-state index in [2.05, 4.69) is 74.8 Å². The van der Waals surface area contributed by atoms with E-state index >= 15 is 0 Å². The minimum atomic E-state index is 0. The fourth-order valence-electron chi connectivity index (χ4n) is 1.87. The summed E-state index contributed by atoms with van der Waals surface area (Å²) in [5, 5.41) is 8.94. The normalized spacial score (nSPS) is 13.6. The zero-order valence-corrected chi connectivity index (χ0v) is 18.5. The van der Waals surface area contributed by atoms with Crippen LogP contribution >= 0.6 is 35.3 Å². The van der Waals surface area contributed by atoms with Crippen molar-refractivity contribution in [2.45, 2.75) is 39.7 Å². The lowest BCUT2D eigenvalue weighted by Gasteiger charge is -2.31. The van der Waals surface area contributed by atoms with Crippen LogP contribution in [-0.4, -0.2) is 50.1 Å². The highest BCUT2D eigenvalue weighted by Crippen LogP contribution is 2.14. The largest absolute Gasteiger partial charge is 0.357 e. The molecule has 0 fully saturated rings. The van der Waals surface area contributed by atoms with E-state index in [1.54, 1.807) is 0 Å². The Labute approximate surface area is 163 Å². The number of nitrogens with zero attached hydrogens (tertiary/aromatic N) is 2. The second-order valence-corrected chi connectivity index (χ2v) is 7.70. The first-order valence-electron chi connectivity index (χ1n) is 8.07. The van der Waals surface area contributed by atoms with Crippen LogP contribution in [0.4, 0.5) is 0 Å². The van der Waals surface area contributed by atoms with Crippen LogP contribution in [0.1, 0.15) is 32.6 Å². The third kappa shape index (κ3) is 8.91. The van der Waals surface area contributed by atoms with Crippen molar-refractivity contribution in [3.63, 3.8) is 0 Å². The third-order valence-corrected chi connectivity index (χ3v) is 4.83. The maximum atomic E-state index is 4.73. The first kappa shape index (κ1) is 22.7. The van der Waals surface area contributed by atoms with Crippen LogP contribution in [0, 0.1) is 5.92 Å². The molecule has 2 N–H and O–H groups in total. The van der Waals surface area contributed by atoms with Gasteiger partial charge in [0.2, 0.25) is 0 Å². The third-order valence-electron chi connectivity index (χ3n) is 3.93. The molecule has 4 nitrogen and oxygen atoms in total. The molecule has 1 unspecified atom stereocenters. The van der Waals surface area contributed by atoms with Crippen molar-refractivity contribution in [2.75, 3.05) is 33.7 Å². The second-order valence-electron chi connectivity index (χ2n) is 6.67. The molecule has 0 saturated carbocycles. The molecule has 0 bridgehead atoms. The van der Waals surface area contributed by atoms with Gasteiger partial charge in [-0.1, -0.05) is 13.0 Å². The molecule has 1 aromatic heterocycles. The average Bonchev–Trinajstić information content (AvgIpc) is 2.94. The van der Waals surface area contributed by atoms with Crippen molar-refractivity contribution in [3.8, 4) is 0 Å². The Bertz CT molecular complexity index is 443. The zero-order valence-electron chi connectivity index (χ0n) is 15.3. The molecule has 0 amide bonds. The molecule has 23 heavy (non-hydrogen) atoms. The molecule has 0 aliphatic rings. The van der Waals surface area contributed by atoms with E-state index in [1.165, 1.54) is 4.88 Å². The Kier molecular flexibility index (Phi) is 11.1. The number of hydrogen-bond acceptors (Lipinski definition) is 3. The highest BCUT2D eigenvalue weighted by Gasteiger charge is 2.20. The van der Waals surface area contributed by atoms with Gasteiger partial charge in [-0.05, 0) is 58.7 Å². The summed E-state index contributed by atoms with van der Waals surface area (Å²) in [4.78, 5) is 8.39. The summed E-state index contributed by atoms with van der Waals surface area (Å²) < 4.78 is 0. The van der Waals surface area contributed by atoms with Crippen molar-refractivity contribution in [1.29, 1.82) is 0 Å². The number of rotatable bonds is 8. The number of hydrogen-bond donors (Lipinski definition) is 2. The summed E-state index contributed by atoms with van der Waals surface area (Å²) in [6.07, 6.45) is 1.12. The van der Waals surface area contributed by atoms with Gasteiger partial charge in [0.05, 0.1) is 6.54 Å². The van der Waals surface area contributed by atoms with Gasteiger partial charge in [-0.3, -0.25) is 4.99 Å². The minimum Gasteiger partial charge on any atom is -0.357 e. The van der Waals surface area contributed by atoms with E-state index in [4.69, 9.17) is 4.99 Å². The number of guanidine groups is 1. The van der Waals surface area contributed by atoms with E-state index in [0.717, 1.165) is 32.0 Å². The van der Waals surface area contributed by atoms with E-state index in [1.807, 2.05) is 11.3 Å². The summed E-state index contributed by atoms with van der Waals surface area (Å²) in [6.45, 7) is 11.4. The Morgan fingerprint density at radius 3 is 2.57 bits per heavy atom. The van der Waals surface area contributed by atoms with E-state index in [9.17, 15) is 0 Å². The standard InChI is InChI=1S/C17H32N4S.HI/c1-7-18-16(20-13-17(3,4)21(5)6)19-12-14(2)11-15-9-8-10-22-15;/h8-10,14H,7,11-13H2,1-6H3,(H2,18,19,20);1H. The van der Waals surface area contributed by atoms with E-state index < -0.39 is 0 Å². The van der Waals surface area contributed by atoms with Gasteiger partial charge in [-0.25, -0.2) is 0 Å². The molecule has 0 aliphatic carbocycles. The molecule has 1 aromatic rings. The van der Waals surface area contributed by atoms with Crippen molar-refractivity contribution in [1.82, 2.24) is 15.5 Å². The van der Waals surface area contributed by atoms with Gasteiger partial charge in [0.1, 0.15) is 0 Å². The van der Waals surface area contributed by atoms with Gasteiger partial charge in [0, 0.05) is 23.5 Å². The second kappa shape index (κ2) is 11.3. The van der Waals surface area contributed by atoms with Crippen molar-refractivity contribution < 1.29 is 0 Å².